The number of nitrogens with zero attached hydrogens (tertiary/aromatic N) is 3. The molecule has 0 saturated carbocycles. The topological polar surface area (TPSA) is 103 Å². The molecule has 2 fully saturated rings. The molecule has 4 rings (SSSR count). The number of H-pyrrole nitrogens is 1. The van der Waals surface area contributed by atoms with Crippen molar-refractivity contribution >= 4 is 11.9 Å². The third kappa shape index (κ3) is 2.78. The first kappa shape index (κ1) is 15.8. The fourth-order valence-electron chi connectivity index (χ4n) is 3.93. The SMILES string of the molecule is O=C1NC(=O)C(c2cccnc2)(C2CCN(Cc3cnc[nH]3)CC2)N1. The Morgan fingerprint density at radius 2 is 2.04 bits per heavy atom. The Hall–Kier alpha value is -2.74. The molecule has 2 aromatic heterocycles. The first-order valence-electron chi connectivity index (χ1n) is 8.42. The van der Waals surface area contributed by atoms with Crippen LogP contribution in [0.3, 0.4) is 0 Å². The van der Waals surface area contributed by atoms with Crippen molar-refractivity contribution in [3.63, 3.8) is 0 Å². The second kappa shape index (κ2) is 6.29. The van der Waals surface area contributed by atoms with Crippen molar-refractivity contribution in [3.05, 3.63) is 48.3 Å². The second-order valence-electron chi connectivity index (χ2n) is 6.59. The number of amides is 3. The molecule has 2 aliphatic rings. The summed E-state index contributed by atoms with van der Waals surface area (Å²) in [6, 6.07) is 3.21. The van der Waals surface area contributed by atoms with Gasteiger partial charge >= 0.3 is 6.03 Å². The molecule has 0 aliphatic carbocycles. The predicted octanol–water partition coefficient (Wildman–Crippen LogP) is 0.752. The number of imide groups is 1. The Balaban J connectivity index is 1.54. The predicted molar refractivity (Wildman–Crippen MR) is 89.2 cm³/mol. The van der Waals surface area contributed by atoms with Crippen LogP contribution >= 0.6 is 0 Å². The summed E-state index contributed by atoms with van der Waals surface area (Å²) >= 11 is 0. The number of carbonyl (C=O) groups is 2. The third-order valence-electron chi connectivity index (χ3n) is 5.16. The fourth-order valence-corrected chi connectivity index (χ4v) is 3.93. The van der Waals surface area contributed by atoms with E-state index in [9.17, 15) is 9.59 Å². The van der Waals surface area contributed by atoms with Gasteiger partial charge in [0.25, 0.3) is 5.91 Å². The molecule has 130 valence electrons. The minimum absolute atomic E-state index is 0.0289. The van der Waals surface area contributed by atoms with Crippen molar-refractivity contribution in [2.45, 2.75) is 24.9 Å². The monoisotopic (exact) mass is 340 g/mol. The second-order valence-corrected chi connectivity index (χ2v) is 6.59. The van der Waals surface area contributed by atoms with Gasteiger partial charge in [0.15, 0.2) is 5.54 Å². The van der Waals surface area contributed by atoms with E-state index >= 15 is 0 Å². The van der Waals surface area contributed by atoms with Gasteiger partial charge in [-0.15, -0.1) is 0 Å². The van der Waals surface area contributed by atoms with E-state index in [0.717, 1.165) is 43.7 Å². The van der Waals surface area contributed by atoms with Crippen molar-refractivity contribution < 1.29 is 9.59 Å². The zero-order valence-electron chi connectivity index (χ0n) is 13.7. The number of imidazole rings is 1. The van der Waals surface area contributed by atoms with Crippen molar-refractivity contribution in [3.8, 4) is 0 Å². The Labute approximate surface area is 145 Å². The zero-order valence-corrected chi connectivity index (χ0v) is 13.7. The van der Waals surface area contributed by atoms with Crippen LogP contribution in [-0.4, -0.2) is 44.9 Å². The molecule has 0 radical (unpaired) electrons. The highest BCUT2D eigenvalue weighted by Gasteiger charge is 2.53. The minimum atomic E-state index is -1.02. The molecule has 2 aliphatic heterocycles. The van der Waals surface area contributed by atoms with E-state index in [2.05, 4.69) is 30.5 Å². The lowest BCUT2D eigenvalue weighted by molar-refractivity contribution is -0.127. The van der Waals surface area contributed by atoms with Gasteiger partial charge in [-0.2, -0.15) is 0 Å². The highest BCUT2D eigenvalue weighted by Crippen LogP contribution is 2.38. The van der Waals surface area contributed by atoms with E-state index in [0.29, 0.717) is 0 Å². The van der Waals surface area contributed by atoms with Gasteiger partial charge in [0.2, 0.25) is 0 Å². The number of aromatic nitrogens is 3. The zero-order chi connectivity index (χ0) is 17.3. The van der Waals surface area contributed by atoms with Crippen LogP contribution in [0.15, 0.2) is 37.1 Å². The van der Waals surface area contributed by atoms with E-state index in [4.69, 9.17) is 0 Å². The molecule has 2 aromatic rings. The smallest absolute Gasteiger partial charge is 0.322 e. The molecule has 2 saturated heterocycles. The Morgan fingerprint density at radius 3 is 2.64 bits per heavy atom. The van der Waals surface area contributed by atoms with E-state index in [1.165, 1.54) is 0 Å². The lowest BCUT2D eigenvalue weighted by atomic mass is 9.73. The summed E-state index contributed by atoms with van der Waals surface area (Å²) in [6.45, 7) is 2.52. The Bertz CT molecular complexity index is 755. The normalized spacial score (nSPS) is 25.0. The van der Waals surface area contributed by atoms with Gasteiger partial charge in [-0.3, -0.25) is 20.0 Å². The van der Waals surface area contributed by atoms with Gasteiger partial charge in [0.1, 0.15) is 0 Å². The van der Waals surface area contributed by atoms with E-state index in [1.54, 1.807) is 24.8 Å². The van der Waals surface area contributed by atoms with Crippen LogP contribution in [0.25, 0.3) is 0 Å². The number of rotatable bonds is 4. The average molecular weight is 340 g/mol. The number of likely N-dealkylation sites (tertiary alicyclic amines) is 1. The first-order valence-corrected chi connectivity index (χ1v) is 8.42. The molecule has 3 N–H and O–H groups in total. The van der Waals surface area contributed by atoms with Gasteiger partial charge in [0, 0.05) is 36.4 Å². The molecule has 3 amide bonds. The number of nitrogens with one attached hydrogen (secondary N) is 3. The van der Waals surface area contributed by atoms with E-state index in [-0.39, 0.29) is 11.8 Å². The number of hydrogen-bond acceptors (Lipinski definition) is 5. The van der Waals surface area contributed by atoms with Crippen LogP contribution < -0.4 is 10.6 Å². The maximum atomic E-state index is 12.7. The number of piperidine rings is 1. The fraction of sp³-hybridized carbons (Fsp3) is 0.412. The Morgan fingerprint density at radius 1 is 1.20 bits per heavy atom. The average Bonchev–Trinajstić information content (AvgIpc) is 3.24. The van der Waals surface area contributed by atoms with E-state index in [1.807, 2.05) is 12.3 Å². The van der Waals surface area contributed by atoms with Crippen LogP contribution in [0.5, 0.6) is 0 Å². The van der Waals surface area contributed by atoms with Crippen LogP contribution in [0.4, 0.5) is 4.79 Å². The van der Waals surface area contributed by atoms with Crippen molar-refractivity contribution in [1.82, 2.24) is 30.5 Å². The molecule has 4 heterocycles. The lowest BCUT2D eigenvalue weighted by Gasteiger charge is -2.40. The number of pyridine rings is 1. The number of carbonyl (C=O) groups excluding carboxylic acids is 2. The summed E-state index contributed by atoms with van der Waals surface area (Å²) in [5.74, 6) is -0.251. The summed E-state index contributed by atoms with van der Waals surface area (Å²) in [4.78, 5) is 38.2. The van der Waals surface area contributed by atoms with Crippen LogP contribution in [0.1, 0.15) is 24.1 Å². The van der Waals surface area contributed by atoms with Crippen LogP contribution in [0.2, 0.25) is 0 Å². The number of urea groups is 1. The molecule has 0 spiro atoms. The summed E-state index contributed by atoms with van der Waals surface area (Å²) in [5, 5.41) is 5.30. The van der Waals surface area contributed by atoms with Crippen LogP contribution in [0, 0.1) is 5.92 Å². The molecule has 8 heteroatoms. The standard InChI is InChI=1S/C17H20N6O2/c24-15-17(22-16(25)21-15,13-2-1-5-18-8-13)12-3-6-23(7-4-12)10-14-9-19-11-20-14/h1-2,5,8-9,11-12H,3-4,6-7,10H2,(H,19,20)(H2,21,22,24,25). The van der Waals surface area contributed by atoms with Crippen LogP contribution in [-0.2, 0) is 16.9 Å². The van der Waals surface area contributed by atoms with Gasteiger partial charge in [0.05, 0.1) is 6.33 Å². The van der Waals surface area contributed by atoms with Crippen molar-refractivity contribution in [2.75, 3.05) is 13.1 Å². The summed E-state index contributed by atoms with van der Waals surface area (Å²) in [7, 11) is 0. The molecular formula is C17H20N6O2. The molecule has 0 bridgehead atoms. The first-order chi connectivity index (χ1) is 12.2. The lowest BCUT2D eigenvalue weighted by Crippen LogP contribution is -2.53. The van der Waals surface area contributed by atoms with E-state index < -0.39 is 11.6 Å². The summed E-state index contributed by atoms with van der Waals surface area (Å²) in [6.07, 6.45) is 8.47. The van der Waals surface area contributed by atoms with Crippen molar-refractivity contribution in [2.24, 2.45) is 5.92 Å². The highest BCUT2D eigenvalue weighted by molar-refractivity contribution is 6.07. The molecule has 25 heavy (non-hydrogen) atoms. The van der Waals surface area contributed by atoms with Crippen molar-refractivity contribution in [1.29, 1.82) is 0 Å². The third-order valence-corrected chi connectivity index (χ3v) is 5.16. The number of hydrogen-bond donors (Lipinski definition) is 3. The largest absolute Gasteiger partial charge is 0.347 e. The molecular weight excluding hydrogens is 320 g/mol. The minimum Gasteiger partial charge on any atom is -0.347 e. The Kier molecular flexibility index (Phi) is 3.96. The van der Waals surface area contributed by atoms with Gasteiger partial charge in [-0.05, 0) is 37.9 Å². The number of aromatic amines is 1. The molecule has 0 aromatic carbocycles. The molecule has 8 nitrogen and oxygen atoms in total. The highest BCUT2D eigenvalue weighted by atomic mass is 16.2. The maximum absolute atomic E-state index is 12.7. The molecule has 1 unspecified atom stereocenters. The van der Waals surface area contributed by atoms with Gasteiger partial charge in [-0.25, -0.2) is 9.78 Å². The summed E-state index contributed by atoms with van der Waals surface area (Å²) < 4.78 is 0. The maximum Gasteiger partial charge on any atom is 0.322 e. The molecule has 1 atom stereocenters. The van der Waals surface area contributed by atoms with Gasteiger partial charge in [-0.1, -0.05) is 6.07 Å². The quantitative estimate of drug-likeness (QED) is 0.713. The summed E-state index contributed by atoms with van der Waals surface area (Å²) in [5.41, 5.74) is 0.795. The van der Waals surface area contributed by atoms with Gasteiger partial charge < -0.3 is 10.3 Å².